The number of benzene rings is 1. The van der Waals surface area contributed by atoms with Crippen LogP contribution in [0, 0.1) is 0 Å². The molecule has 0 saturated heterocycles. The molecule has 1 aromatic heterocycles. The van der Waals surface area contributed by atoms with Crippen molar-refractivity contribution in [2.24, 2.45) is 0 Å². The third-order valence-electron chi connectivity index (χ3n) is 3.36. The van der Waals surface area contributed by atoms with E-state index < -0.39 is 0 Å². The van der Waals surface area contributed by atoms with E-state index in [-0.39, 0.29) is 36.6 Å². The minimum Gasteiger partial charge on any atom is -0.451 e. The van der Waals surface area contributed by atoms with E-state index in [9.17, 15) is 9.59 Å². The Kier molecular flexibility index (Phi) is 5.60. The molecule has 2 amide bonds. The Morgan fingerprint density at radius 3 is 2.82 bits per heavy atom. The highest BCUT2D eigenvalue weighted by Gasteiger charge is 2.13. The van der Waals surface area contributed by atoms with Gasteiger partial charge < -0.3 is 15.1 Å². The summed E-state index contributed by atoms with van der Waals surface area (Å²) < 4.78 is 6.42. The molecule has 0 aliphatic rings. The first-order valence-corrected chi connectivity index (χ1v) is 8.05. The van der Waals surface area contributed by atoms with E-state index in [0.717, 1.165) is 16.3 Å². The number of fused-ring (bicyclic) bond motifs is 1. The second-order valence-corrected chi connectivity index (χ2v) is 6.09. The van der Waals surface area contributed by atoms with Crippen LogP contribution in [-0.2, 0) is 4.79 Å². The van der Waals surface area contributed by atoms with Crippen LogP contribution in [0.5, 0.6) is 0 Å². The highest BCUT2D eigenvalue weighted by atomic mass is 79.9. The van der Waals surface area contributed by atoms with E-state index >= 15 is 0 Å². The Morgan fingerprint density at radius 2 is 2.09 bits per heavy atom. The maximum absolute atomic E-state index is 12.0. The van der Waals surface area contributed by atoms with Gasteiger partial charge in [0.05, 0.1) is 0 Å². The van der Waals surface area contributed by atoms with Crippen molar-refractivity contribution in [1.29, 1.82) is 0 Å². The minimum atomic E-state index is -0.316. The second kappa shape index (κ2) is 7.45. The third kappa shape index (κ3) is 4.34. The van der Waals surface area contributed by atoms with Gasteiger partial charge in [0.1, 0.15) is 5.58 Å². The lowest BCUT2D eigenvalue weighted by Crippen LogP contribution is -2.35. The van der Waals surface area contributed by atoms with Crippen molar-refractivity contribution in [2.75, 3.05) is 6.54 Å². The number of furan rings is 1. The molecule has 22 heavy (non-hydrogen) atoms. The Bertz CT molecular complexity index is 681. The molecule has 0 aliphatic heterocycles. The van der Waals surface area contributed by atoms with Crippen molar-refractivity contribution in [2.45, 2.75) is 32.7 Å². The van der Waals surface area contributed by atoms with E-state index in [1.807, 2.05) is 26.0 Å². The number of hydrogen-bond acceptors (Lipinski definition) is 3. The van der Waals surface area contributed by atoms with E-state index in [0.29, 0.717) is 5.58 Å². The lowest BCUT2D eigenvalue weighted by Gasteiger charge is -2.11. The van der Waals surface area contributed by atoms with Crippen LogP contribution in [0.25, 0.3) is 11.0 Å². The summed E-state index contributed by atoms with van der Waals surface area (Å²) in [5, 5.41) is 6.40. The minimum absolute atomic E-state index is 0.0665. The molecule has 1 aromatic carbocycles. The number of halogens is 1. The number of amides is 2. The van der Waals surface area contributed by atoms with Crippen LogP contribution in [0.15, 0.2) is 33.2 Å². The number of rotatable bonds is 6. The molecule has 1 heterocycles. The molecule has 0 aliphatic carbocycles. The van der Waals surface area contributed by atoms with Crippen LogP contribution in [0.3, 0.4) is 0 Å². The van der Waals surface area contributed by atoms with Crippen LogP contribution in [0.4, 0.5) is 0 Å². The van der Waals surface area contributed by atoms with E-state index in [1.54, 1.807) is 12.1 Å². The maximum atomic E-state index is 12.0. The van der Waals surface area contributed by atoms with Crippen molar-refractivity contribution in [3.8, 4) is 0 Å². The van der Waals surface area contributed by atoms with Crippen LogP contribution in [0.2, 0.25) is 0 Å². The lowest BCUT2D eigenvalue weighted by molar-refractivity contribution is -0.121. The molecule has 0 unspecified atom stereocenters. The van der Waals surface area contributed by atoms with Gasteiger partial charge in [0.2, 0.25) is 5.91 Å². The molecule has 2 N–H and O–H groups in total. The first-order chi connectivity index (χ1) is 10.5. The smallest absolute Gasteiger partial charge is 0.287 e. The van der Waals surface area contributed by atoms with E-state index in [2.05, 4.69) is 26.6 Å². The van der Waals surface area contributed by atoms with Crippen LogP contribution >= 0.6 is 15.9 Å². The maximum Gasteiger partial charge on any atom is 0.287 e. The van der Waals surface area contributed by atoms with Gasteiger partial charge in [-0.2, -0.15) is 0 Å². The number of nitrogens with one attached hydrogen (secondary N) is 2. The van der Waals surface area contributed by atoms with Gasteiger partial charge in [-0.15, -0.1) is 0 Å². The van der Waals surface area contributed by atoms with Gasteiger partial charge in [0.15, 0.2) is 5.76 Å². The summed E-state index contributed by atoms with van der Waals surface area (Å²) in [6.45, 7) is 4.23. The zero-order chi connectivity index (χ0) is 16.1. The molecule has 2 rings (SSSR count). The van der Waals surface area contributed by atoms with Crippen LogP contribution in [0.1, 0.15) is 37.2 Å². The molecular formula is C16H19BrN2O3. The Hall–Kier alpha value is -1.82. The first-order valence-electron chi connectivity index (χ1n) is 7.26. The van der Waals surface area contributed by atoms with Crippen molar-refractivity contribution < 1.29 is 14.0 Å². The molecule has 0 saturated carbocycles. The summed E-state index contributed by atoms with van der Waals surface area (Å²) in [4.78, 5) is 23.6. The average Bonchev–Trinajstić information content (AvgIpc) is 2.90. The van der Waals surface area contributed by atoms with E-state index in [1.165, 1.54) is 0 Å². The molecule has 5 nitrogen and oxygen atoms in total. The zero-order valence-corrected chi connectivity index (χ0v) is 14.2. The van der Waals surface area contributed by atoms with Crippen LogP contribution < -0.4 is 10.6 Å². The third-order valence-corrected chi connectivity index (χ3v) is 3.85. The van der Waals surface area contributed by atoms with Gasteiger partial charge in [-0.25, -0.2) is 0 Å². The van der Waals surface area contributed by atoms with Crippen molar-refractivity contribution >= 4 is 38.7 Å². The molecule has 6 heteroatoms. The summed E-state index contributed by atoms with van der Waals surface area (Å²) in [6, 6.07) is 7.38. The summed E-state index contributed by atoms with van der Waals surface area (Å²) in [5.41, 5.74) is 0.655. The van der Waals surface area contributed by atoms with Gasteiger partial charge >= 0.3 is 0 Å². The fourth-order valence-corrected chi connectivity index (χ4v) is 2.33. The fourth-order valence-electron chi connectivity index (χ4n) is 1.95. The molecule has 0 bridgehead atoms. The molecule has 2 aromatic rings. The Morgan fingerprint density at radius 1 is 1.32 bits per heavy atom. The molecule has 0 spiro atoms. The van der Waals surface area contributed by atoms with Crippen LogP contribution in [-0.4, -0.2) is 24.4 Å². The number of carbonyl (C=O) groups excluding carboxylic acids is 2. The van der Waals surface area contributed by atoms with Crippen molar-refractivity contribution in [1.82, 2.24) is 10.6 Å². The topological polar surface area (TPSA) is 71.3 Å². The van der Waals surface area contributed by atoms with Gasteiger partial charge in [0.25, 0.3) is 5.91 Å². The molecule has 0 fully saturated rings. The molecule has 1 atom stereocenters. The standard InChI is InChI=1S/C16H19BrN2O3/c1-3-10(2)19-15(20)6-7-18-16(21)14-9-11-8-12(17)4-5-13(11)22-14/h4-5,8-10H,3,6-7H2,1-2H3,(H,18,21)(H,19,20)/t10-/m1/s1. The zero-order valence-electron chi connectivity index (χ0n) is 12.6. The largest absolute Gasteiger partial charge is 0.451 e. The lowest BCUT2D eigenvalue weighted by atomic mass is 10.2. The SMILES string of the molecule is CC[C@@H](C)NC(=O)CCNC(=O)c1cc2cc(Br)ccc2o1. The first kappa shape index (κ1) is 16.5. The predicted octanol–water partition coefficient (Wildman–Crippen LogP) is 3.23. The molecular weight excluding hydrogens is 348 g/mol. The van der Waals surface area contributed by atoms with Gasteiger partial charge in [-0.05, 0) is 37.6 Å². The Balaban J connectivity index is 1.87. The Labute approximate surface area is 137 Å². The van der Waals surface area contributed by atoms with Crippen molar-refractivity contribution in [3.05, 3.63) is 34.5 Å². The summed E-state index contributed by atoms with van der Waals surface area (Å²) in [5.74, 6) is -0.137. The summed E-state index contributed by atoms with van der Waals surface area (Å²) in [7, 11) is 0. The van der Waals surface area contributed by atoms with Gasteiger partial charge in [-0.3, -0.25) is 9.59 Å². The second-order valence-electron chi connectivity index (χ2n) is 5.18. The monoisotopic (exact) mass is 366 g/mol. The number of hydrogen-bond donors (Lipinski definition) is 2. The van der Waals surface area contributed by atoms with Gasteiger partial charge in [-0.1, -0.05) is 22.9 Å². The average molecular weight is 367 g/mol. The molecule has 118 valence electrons. The van der Waals surface area contributed by atoms with Crippen molar-refractivity contribution in [3.63, 3.8) is 0 Å². The van der Waals surface area contributed by atoms with E-state index in [4.69, 9.17) is 4.42 Å². The highest BCUT2D eigenvalue weighted by Crippen LogP contribution is 2.23. The summed E-state index contributed by atoms with van der Waals surface area (Å²) >= 11 is 3.38. The predicted molar refractivity (Wildman–Crippen MR) is 88.8 cm³/mol. The fraction of sp³-hybridized carbons (Fsp3) is 0.375. The normalized spacial score (nSPS) is 12.1. The summed E-state index contributed by atoms with van der Waals surface area (Å²) in [6.07, 6.45) is 1.13. The highest BCUT2D eigenvalue weighted by molar-refractivity contribution is 9.10. The molecule has 0 radical (unpaired) electrons. The quantitative estimate of drug-likeness (QED) is 0.824. The number of carbonyl (C=O) groups is 2. The van der Waals surface area contributed by atoms with Gasteiger partial charge in [0, 0.05) is 28.9 Å².